The lowest BCUT2D eigenvalue weighted by Gasteiger charge is -2.20. The molecule has 2 atom stereocenters. The third kappa shape index (κ3) is 3.58. The highest BCUT2D eigenvalue weighted by Gasteiger charge is 2.25. The topological polar surface area (TPSA) is 35.2 Å². The van der Waals surface area contributed by atoms with Crippen molar-refractivity contribution in [1.29, 1.82) is 0 Å². The van der Waals surface area contributed by atoms with Crippen LogP contribution in [0.15, 0.2) is 66.7 Å². The molecule has 1 aliphatic carbocycles. The maximum atomic E-state index is 6.37. The second kappa shape index (κ2) is 6.80. The van der Waals surface area contributed by atoms with Crippen LogP contribution in [-0.2, 0) is 0 Å². The molecule has 22 heavy (non-hydrogen) atoms. The Morgan fingerprint density at radius 3 is 2.18 bits per heavy atom. The monoisotopic (exact) mass is 293 g/mol. The van der Waals surface area contributed by atoms with Crippen molar-refractivity contribution < 1.29 is 4.74 Å². The first-order valence-electron chi connectivity index (χ1n) is 7.90. The number of rotatable bonds is 7. The predicted molar refractivity (Wildman–Crippen MR) is 91.0 cm³/mol. The molecule has 0 radical (unpaired) electrons. The molecule has 2 nitrogen and oxygen atoms in total. The Bertz CT molecular complexity index is 612. The summed E-state index contributed by atoms with van der Waals surface area (Å²) in [5, 5.41) is 0. The molecule has 2 unspecified atom stereocenters. The number of benzene rings is 2. The Morgan fingerprint density at radius 2 is 1.59 bits per heavy atom. The molecule has 0 saturated carbocycles. The molecule has 2 N–H and O–H groups in total. The molecule has 0 aromatic heterocycles. The molecule has 0 bridgehead atoms. The van der Waals surface area contributed by atoms with Gasteiger partial charge < -0.3 is 10.5 Å². The molecule has 2 aromatic carbocycles. The number of methoxy groups -OCH3 is 1. The van der Waals surface area contributed by atoms with E-state index < -0.39 is 0 Å². The molecule has 114 valence electrons. The van der Waals surface area contributed by atoms with Crippen LogP contribution in [0.25, 0.3) is 0 Å². The van der Waals surface area contributed by atoms with E-state index in [4.69, 9.17) is 10.5 Å². The zero-order valence-electron chi connectivity index (χ0n) is 13.0. The summed E-state index contributed by atoms with van der Waals surface area (Å²) in [6.45, 7) is 0. The number of allylic oxidation sites excluding steroid dienone is 2. The first-order valence-corrected chi connectivity index (χ1v) is 7.90. The largest absolute Gasteiger partial charge is 0.497 e. The van der Waals surface area contributed by atoms with Gasteiger partial charge in [0.05, 0.1) is 7.11 Å². The van der Waals surface area contributed by atoms with Gasteiger partial charge in [-0.3, -0.25) is 0 Å². The molecular formula is C20H23NO. The lowest BCUT2D eigenvalue weighted by Crippen LogP contribution is -2.13. The van der Waals surface area contributed by atoms with Gasteiger partial charge in [-0.1, -0.05) is 54.6 Å². The lowest BCUT2D eigenvalue weighted by molar-refractivity contribution is 0.414. The molecule has 0 saturated heterocycles. The van der Waals surface area contributed by atoms with Crippen LogP contribution in [-0.4, -0.2) is 7.11 Å². The van der Waals surface area contributed by atoms with Gasteiger partial charge in [0.1, 0.15) is 5.75 Å². The van der Waals surface area contributed by atoms with Crippen molar-refractivity contribution in [1.82, 2.24) is 0 Å². The average Bonchev–Trinajstić information content (AvgIpc) is 3.41. The van der Waals surface area contributed by atoms with Gasteiger partial charge in [-0.15, -0.1) is 0 Å². The summed E-state index contributed by atoms with van der Waals surface area (Å²) in [5.74, 6) is 2.05. The van der Waals surface area contributed by atoms with E-state index in [1.807, 2.05) is 12.1 Å². The lowest BCUT2D eigenvalue weighted by atomic mass is 9.86. The van der Waals surface area contributed by atoms with Gasteiger partial charge in [0, 0.05) is 12.0 Å². The maximum absolute atomic E-state index is 6.37. The van der Waals surface area contributed by atoms with Gasteiger partial charge >= 0.3 is 0 Å². The number of nitrogens with two attached hydrogens (primary N) is 1. The van der Waals surface area contributed by atoms with Crippen molar-refractivity contribution in [3.05, 3.63) is 77.9 Å². The highest BCUT2D eigenvalue weighted by atomic mass is 16.5. The van der Waals surface area contributed by atoms with Crippen LogP contribution < -0.4 is 10.5 Å². The van der Waals surface area contributed by atoms with E-state index in [2.05, 4.69) is 54.6 Å². The summed E-state index contributed by atoms with van der Waals surface area (Å²) in [5.41, 5.74) is 8.97. The Balaban J connectivity index is 1.62. The quantitative estimate of drug-likeness (QED) is 0.766. The van der Waals surface area contributed by atoms with Crippen LogP contribution in [0.5, 0.6) is 5.75 Å². The fourth-order valence-electron chi connectivity index (χ4n) is 2.99. The standard InChI is InChI=1S/C20H23NO/c1-22-18-11-9-17(10-12-18)20(21)14-13-19(16-7-8-16)15-5-3-2-4-6-15/h2-12,16,19-20H,13-14,21H2,1H3. The van der Waals surface area contributed by atoms with Crippen molar-refractivity contribution in [2.45, 2.75) is 24.8 Å². The van der Waals surface area contributed by atoms with Crippen molar-refractivity contribution in [3.8, 4) is 5.75 Å². The van der Waals surface area contributed by atoms with Crippen molar-refractivity contribution in [2.75, 3.05) is 7.11 Å². The second-order valence-corrected chi connectivity index (χ2v) is 5.94. The highest BCUT2D eigenvalue weighted by molar-refractivity contribution is 5.31. The number of hydrogen-bond donors (Lipinski definition) is 1. The second-order valence-electron chi connectivity index (χ2n) is 5.94. The Labute approximate surface area is 132 Å². The minimum Gasteiger partial charge on any atom is -0.497 e. The molecule has 3 rings (SSSR count). The fraction of sp³-hybridized carbons (Fsp3) is 0.300. The van der Waals surface area contributed by atoms with Crippen LogP contribution in [0.2, 0.25) is 0 Å². The van der Waals surface area contributed by atoms with Crippen LogP contribution in [0.1, 0.15) is 35.9 Å². The predicted octanol–water partition coefficient (Wildman–Crippen LogP) is 4.45. The molecule has 2 heteroatoms. The minimum atomic E-state index is 0.0795. The third-order valence-corrected chi connectivity index (χ3v) is 4.44. The van der Waals surface area contributed by atoms with Crippen molar-refractivity contribution in [2.24, 2.45) is 11.7 Å². The SMILES string of the molecule is COc1ccc(C(N)CCC(c2ccccc2)C2C=C2)cc1. The molecule has 1 aliphatic rings. The highest BCUT2D eigenvalue weighted by Crippen LogP contribution is 2.39. The zero-order chi connectivity index (χ0) is 15.4. The first-order chi connectivity index (χ1) is 10.8. The maximum Gasteiger partial charge on any atom is 0.118 e. The van der Waals surface area contributed by atoms with E-state index in [-0.39, 0.29) is 6.04 Å². The molecule has 0 amide bonds. The van der Waals surface area contributed by atoms with Crippen molar-refractivity contribution in [3.63, 3.8) is 0 Å². The fourth-order valence-corrected chi connectivity index (χ4v) is 2.99. The molecule has 0 fully saturated rings. The van der Waals surface area contributed by atoms with E-state index in [0.29, 0.717) is 11.8 Å². The smallest absolute Gasteiger partial charge is 0.118 e. The van der Waals surface area contributed by atoms with E-state index in [1.54, 1.807) is 7.11 Å². The Hall–Kier alpha value is -2.06. The van der Waals surface area contributed by atoms with E-state index in [1.165, 1.54) is 11.1 Å². The minimum absolute atomic E-state index is 0.0795. The van der Waals surface area contributed by atoms with Gasteiger partial charge in [0.2, 0.25) is 0 Å². The summed E-state index contributed by atoms with van der Waals surface area (Å²) < 4.78 is 5.20. The summed E-state index contributed by atoms with van der Waals surface area (Å²) >= 11 is 0. The van der Waals surface area contributed by atoms with Crippen LogP contribution in [0.3, 0.4) is 0 Å². The first kappa shape index (κ1) is 14.9. The summed E-state index contributed by atoms with van der Waals surface area (Å²) in [4.78, 5) is 0. The van der Waals surface area contributed by atoms with E-state index >= 15 is 0 Å². The molecule has 0 aliphatic heterocycles. The molecule has 0 spiro atoms. The van der Waals surface area contributed by atoms with Gasteiger partial charge in [0.15, 0.2) is 0 Å². The van der Waals surface area contributed by atoms with Gasteiger partial charge in [-0.25, -0.2) is 0 Å². The van der Waals surface area contributed by atoms with Crippen LogP contribution >= 0.6 is 0 Å². The molecule has 0 heterocycles. The summed E-state index contributed by atoms with van der Waals surface area (Å²) in [6, 6.07) is 18.9. The van der Waals surface area contributed by atoms with Crippen LogP contribution in [0.4, 0.5) is 0 Å². The van der Waals surface area contributed by atoms with Crippen LogP contribution in [0, 0.1) is 5.92 Å². The molecule has 2 aromatic rings. The molecular weight excluding hydrogens is 270 g/mol. The number of ether oxygens (including phenoxy) is 1. The third-order valence-electron chi connectivity index (χ3n) is 4.44. The number of hydrogen-bond acceptors (Lipinski definition) is 2. The Kier molecular flexibility index (Phi) is 4.59. The summed E-state index contributed by atoms with van der Waals surface area (Å²) in [7, 11) is 1.68. The van der Waals surface area contributed by atoms with Gasteiger partial charge in [-0.05, 0) is 42.0 Å². The van der Waals surface area contributed by atoms with E-state index in [0.717, 1.165) is 18.6 Å². The van der Waals surface area contributed by atoms with Crippen molar-refractivity contribution >= 4 is 0 Å². The van der Waals surface area contributed by atoms with E-state index in [9.17, 15) is 0 Å². The van der Waals surface area contributed by atoms with Gasteiger partial charge in [0.25, 0.3) is 0 Å². The normalized spacial score (nSPS) is 16.3. The zero-order valence-corrected chi connectivity index (χ0v) is 13.0. The summed E-state index contributed by atoms with van der Waals surface area (Å²) in [6.07, 6.45) is 6.67. The van der Waals surface area contributed by atoms with Gasteiger partial charge in [-0.2, -0.15) is 0 Å². The average molecular weight is 293 g/mol. The Morgan fingerprint density at radius 1 is 0.909 bits per heavy atom.